The molecule has 2 amide bonds. The fourth-order valence-electron chi connectivity index (χ4n) is 2.92. The van der Waals surface area contributed by atoms with Crippen molar-refractivity contribution in [2.24, 2.45) is 0 Å². The highest BCUT2D eigenvalue weighted by Gasteiger charge is 2.30. The first-order chi connectivity index (χ1) is 16.7. The van der Waals surface area contributed by atoms with Crippen LogP contribution in [0.15, 0.2) is 71.1 Å². The van der Waals surface area contributed by atoms with Crippen molar-refractivity contribution >= 4 is 29.0 Å². The first-order valence-electron chi connectivity index (χ1n) is 9.93. The number of ether oxygens (including phenoxy) is 1. The Bertz CT molecular complexity index is 1340. The van der Waals surface area contributed by atoms with E-state index in [-0.39, 0.29) is 35.5 Å². The lowest BCUT2D eigenvalue weighted by atomic mass is 10.2. The third kappa shape index (κ3) is 6.27. The van der Waals surface area contributed by atoms with E-state index < -0.39 is 23.6 Å². The number of anilines is 2. The minimum atomic E-state index is -4.55. The van der Waals surface area contributed by atoms with Crippen LogP contribution in [-0.2, 0) is 12.8 Å². The van der Waals surface area contributed by atoms with Crippen molar-refractivity contribution in [3.63, 3.8) is 0 Å². The average Bonchev–Trinajstić information content (AvgIpc) is 3.27. The molecule has 0 bridgehead atoms. The zero-order valence-corrected chi connectivity index (χ0v) is 18.3. The minimum absolute atomic E-state index is 0.0575. The molecule has 12 heteroatoms. The van der Waals surface area contributed by atoms with Gasteiger partial charge in [-0.2, -0.15) is 13.2 Å². The summed E-state index contributed by atoms with van der Waals surface area (Å²) in [6.45, 7) is -0.208. The maximum Gasteiger partial charge on any atom is 0.416 e. The van der Waals surface area contributed by atoms with Crippen LogP contribution < -0.4 is 15.4 Å². The van der Waals surface area contributed by atoms with Gasteiger partial charge in [0.25, 0.3) is 5.89 Å². The maximum absolute atomic E-state index is 14.4. The quantitative estimate of drug-likeness (QED) is 0.282. The number of nitrogens with one attached hydrogen (secondary N) is 2. The largest absolute Gasteiger partial charge is 0.481 e. The molecular formula is C23H15ClF4N4O3. The maximum atomic E-state index is 14.4. The van der Waals surface area contributed by atoms with E-state index in [0.29, 0.717) is 10.6 Å². The minimum Gasteiger partial charge on any atom is -0.481 e. The lowest BCUT2D eigenvalue weighted by molar-refractivity contribution is -0.137. The summed E-state index contributed by atoms with van der Waals surface area (Å²) in [5, 5.41) is 12.9. The number of alkyl halides is 3. The molecule has 7 nitrogen and oxygen atoms in total. The van der Waals surface area contributed by atoms with Crippen LogP contribution in [-0.4, -0.2) is 16.2 Å². The van der Waals surface area contributed by atoms with E-state index in [1.165, 1.54) is 18.2 Å². The Morgan fingerprint density at radius 3 is 2.37 bits per heavy atom. The highest BCUT2D eigenvalue weighted by molar-refractivity contribution is 6.30. The van der Waals surface area contributed by atoms with Gasteiger partial charge in [-0.15, -0.1) is 10.2 Å². The molecule has 0 atom stereocenters. The first kappa shape index (κ1) is 24.0. The molecule has 0 radical (unpaired) electrons. The van der Waals surface area contributed by atoms with Gasteiger partial charge in [0.2, 0.25) is 5.89 Å². The molecule has 0 aliphatic carbocycles. The van der Waals surface area contributed by atoms with E-state index >= 15 is 0 Å². The van der Waals surface area contributed by atoms with Crippen LogP contribution >= 0.6 is 11.6 Å². The number of nitrogens with zero attached hydrogens (tertiary/aromatic N) is 2. The van der Waals surface area contributed by atoms with E-state index in [9.17, 15) is 22.4 Å². The van der Waals surface area contributed by atoms with Crippen LogP contribution in [0.1, 0.15) is 11.5 Å². The van der Waals surface area contributed by atoms with Gasteiger partial charge >= 0.3 is 12.2 Å². The summed E-state index contributed by atoms with van der Waals surface area (Å²) >= 11 is 5.85. The third-order valence-corrected chi connectivity index (χ3v) is 4.80. The molecule has 2 N–H and O–H groups in total. The van der Waals surface area contributed by atoms with Gasteiger partial charge in [-0.05, 0) is 54.6 Å². The molecule has 0 unspecified atom stereocenters. The monoisotopic (exact) mass is 506 g/mol. The van der Waals surface area contributed by atoms with Gasteiger partial charge in [0.1, 0.15) is 0 Å². The molecule has 3 aromatic carbocycles. The SMILES string of the molecule is O=C(Nc1cccc(C(F)(F)F)c1)Nc1ccc(OCc2nnc(-c3ccc(Cl)cc3)o2)c(F)c1. The molecular weight excluding hydrogens is 492 g/mol. The van der Waals surface area contributed by atoms with Gasteiger partial charge in [0, 0.05) is 28.0 Å². The standard InChI is InChI=1S/C23H15ClF4N4O3/c24-15-6-4-13(5-7-15)21-32-31-20(35-21)12-34-19-9-8-17(11-18(19)25)30-22(33)29-16-3-1-2-14(10-16)23(26,27)28/h1-11H,12H2,(H2,29,30,33). The van der Waals surface area contributed by atoms with Crippen LogP contribution in [0.25, 0.3) is 11.5 Å². The highest BCUT2D eigenvalue weighted by atomic mass is 35.5. The van der Waals surface area contributed by atoms with Crippen LogP contribution in [0.5, 0.6) is 5.75 Å². The Morgan fingerprint density at radius 2 is 1.69 bits per heavy atom. The molecule has 1 aromatic heterocycles. The number of hydrogen-bond acceptors (Lipinski definition) is 5. The normalized spacial score (nSPS) is 11.2. The number of hydrogen-bond donors (Lipinski definition) is 2. The fourth-order valence-corrected chi connectivity index (χ4v) is 3.05. The molecule has 4 rings (SSSR count). The molecule has 0 aliphatic heterocycles. The number of urea groups is 1. The Balaban J connectivity index is 1.34. The zero-order chi connectivity index (χ0) is 25.0. The fraction of sp³-hybridized carbons (Fsp3) is 0.0870. The van der Waals surface area contributed by atoms with Gasteiger partial charge in [-0.1, -0.05) is 17.7 Å². The summed E-state index contributed by atoms with van der Waals surface area (Å²) < 4.78 is 63.7. The second-order valence-electron chi connectivity index (χ2n) is 7.10. The summed E-state index contributed by atoms with van der Waals surface area (Å²) in [7, 11) is 0. The molecule has 4 aromatic rings. The predicted molar refractivity (Wildman–Crippen MR) is 120 cm³/mol. The number of carbonyl (C=O) groups is 1. The van der Waals surface area contributed by atoms with Crippen LogP contribution in [0, 0.1) is 5.82 Å². The molecule has 0 fully saturated rings. The molecule has 0 saturated heterocycles. The van der Waals surface area contributed by atoms with Crippen molar-refractivity contribution in [2.45, 2.75) is 12.8 Å². The van der Waals surface area contributed by atoms with Gasteiger partial charge in [-0.3, -0.25) is 0 Å². The molecule has 35 heavy (non-hydrogen) atoms. The molecule has 0 aliphatic rings. The van der Waals surface area contributed by atoms with Crippen molar-refractivity contribution in [1.82, 2.24) is 10.2 Å². The summed E-state index contributed by atoms with van der Waals surface area (Å²) in [5.74, 6) is -0.580. The van der Waals surface area contributed by atoms with Crippen LogP contribution in [0.3, 0.4) is 0 Å². The van der Waals surface area contributed by atoms with E-state index in [2.05, 4.69) is 20.8 Å². The number of rotatable bonds is 6. The molecule has 0 saturated carbocycles. The Hall–Kier alpha value is -4.12. The van der Waals surface area contributed by atoms with Crippen molar-refractivity contribution in [1.29, 1.82) is 0 Å². The Morgan fingerprint density at radius 1 is 0.971 bits per heavy atom. The van der Waals surface area contributed by atoms with E-state index in [1.54, 1.807) is 24.3 Å². The second kappa shape index (κ2) is 10.0. The van der Waals surface area contributed by atoms with Crippen molar-refractivity contribution < 1.29 is 31.5 Å². The number of amides is 2. The molecule has 180 valence electrons. The van der Waals surface area contributed by atoms with Gasteiger partial charge in [0.15, 0.2) is 18.2 Å². The number of halogens is 5. The predicted octanol–water partition coefficient (Wildman–Crippen LogP) is 6.77. The zero-order valence-electron chi connectivity index (χ0n) is 17.6. The number of aromatic nitrogens is 2. The smallest absolute Gasteiger partial charge is 0.416 e. The summed E-state index contributed by atoms with van der Waals surface area (Å²) in [6, 6.07) is 13.6. The van der Waals surface area contributed by atoms with Crippen LogP contribution in [0.2, 0.25) is 5.02 Å². The summed E-state index contributed by atoms with van der Waals surface area (Å²) in [5.41, 5.74) is -0.278. The first-order valence-corrected chi connectivity index (χ1v) is 10.3. The van der Waals surface area contributed by atoms with Gasteiger partial charge < -0.3 is 19.8 Å². The lowest BCUT2D eigenvalue weighted by Gasteiger charge is -2.11. The number of carbonyl (C=O) groups excluding carboxylic acids is 1. The van der Waals surface area contributed by atoms with Gasteiger partial charge in [0.05, 0.1) is 5.56 Å². The average molecular weight is 507 g/mol. The molecule has 0 spiro atoms. The highest BCUT2D eigenvalue weighted by Crippen LogP contribution is 2.31. The summed E-state index contributed by atoms with van der Waals surface area (Å²) in [6.07, 6.45) is -4.55. The van der Waals surface area contributed by atoms with Crippen molar-refractivity contribution in [3.05, 3.63) is 89.0 Å². The summed E-state index contributed by atoms with van der Waals surface area (Å²) in [4.78, 5) is 12.1. The Labute approximate surface area is 200 Å². The number of benzene rings is 3. The lowest BCUT2D eigenvalue weighted by Crippen LogP contribution is -2.20. The van der Waals surface area contributed by atoms with E-state index in [4.69, 9.17) is 20.8 Å². The molecule has 1 heterocycles. The van der Waals surface area contributed by atoms with Gasteiger partial charge in [-0.25, -0.2) is 9.18 Å². The van der Waals surface area contributed by atoms with Crippen molar-refractivity contribution in [2.75, 3.05) is 10.6 Å². The van der Waals surface area contributed by atoms with Crippen LogP contribution in [0.4, 0.5) is 33.7 Å². The van der Waals surface area contributed by atoms with E-state index in [0.717, 1.165) is 24.3 Å². The Kier molecular flexibility index (Phi) is 6.87. The van der Waals surface area contributed by atoms with E-state index in [1.807, 2.05) is 0 Å². The second-order valence-corrected chi connectivity index (χ2v) is 7.54. The topological polar surface area (TPSA) is 89.3 Å². The third-order valence-electron chi connectivity index (χ3n) is 4.55. The van der Waals surface area contributed by atoms with Crippen molar-refractivity contribution in [3.8, 4) is 17.2 Å².